The average molecular weight is 378 g/mol. The van der Waals surface area contributed by atoms with Gasteiger partial charge in [-0.3, -0.25) is 0 Å². The number of hydrogen-bond acceptors (Lipinski definition) is 2. The van der Waals surface area contributed by atoms with Crippen molar-refractivity contribution in [1.29, 1.82) is 0 Å². The van der Waals surface area contributed by atoms with Crippen LogP contribution < -0.4 is 5.32 Å². The van der Waals surface area contributed by atoms with Crippen LogP contribution in [-0.4, -0.2) is 36.6 Å². The lowest BCUT2D eigenvalue weighted by atomic mass is 10.0. The Hall–Kier alpha value is -0.370. The Morgan fingerprint density at radius 1 is 1.67 bits per heavy atom. The number of imidazole rings is 1. The van der Waals surface area contributed by atoms with E-state index in [2.05, 4.69) is 63.3 Å². The van der Waals surface area contributed by atoms with E-state index in [-0.39, 0.29) is 0 Å². The molecule has 2 rings (SSSR count). The quantitative estimate of drug-likeness (QED) is 0.485. The van der Waals surface area contributed by atoms with Gasteiger partial charge in [0.25, 0.3) is 0 Å². The van der Waals surface area contributed by atoms with E-state index < -0.39 is 0 Å². The number of rotatable bonds is 2. The van der Waals surface area contributed by atoms with Crippen LogP contribution in [0.1, 0.15) is 31.3 Å². The maximum absolute atomic E-state index is 5.51. The first-order valence-electron chi connectivity index (χ1n) is 6.17. The van der Waals surface area contributed by atoms with Gasteiger partial charge in [-0.1, -0.05) is 22.6 Å². The molecule has 1 aliphatic heterocycles. The molecule has 1 atom stereocenters. The molecule has 1 aromatic rings. The summed E-state index contributed by atoms with van der Waals surface area (Å²) in [6.45, 7) is 5.20. The molecule has 0 fully saturated rings. The Balaban J connectivity index is 2.23. The summed E-state index contributed by atoms with van der Waals surface area (Å²) in [4.78, 5) is 6.82. The summed E-state index contributed by atoms with van der Waals surface area (Å²) in [6.07, 6.45) is 2.92. The number of thiocarbonyl (C=S) groups is 1. The minimum atomic E-state index is 0.300. The van der Waals surface area contributed by atoms with Crippen molar-refractivity contribution < 1.29 is 0 Å². The van der Waals surface area contributed by atoms with Crippen LogP contribution in [0.4, 0.5) is 0 Å². The second-order valence-electron chi connectivity index (χ2n) is 4.91. The monoisotopic (exact) mass is 378 g/mol. The molecule has 1 N–H and O–H groups in total. The van der Waals surface area contributed by atoms with E-state index in [4.69, 9.17) is 12.2 Å². The predicted octanol–water partition coefficient (Wildman–Crippen LogP) is 2.04. The molecule has 0 spiro atoms. The molecule has 18 heavy (non-hydrogen) atoms. The normalized spacial score (nSPS) is 18.9. The third kappa shape index (κ3) is 2.64. The minimum absolute atomic E-state index is 0.300. The van der Waals surface area contributed by atoms with Gasteiger partial charge in [0.15, 0.2) is 5.11 Å². The molecule has 0 saturated carbocycles. The molecule has 0 saturated heterocycles. The smallest absolute Gasteiger partial charge is 0.169 e. The number of halogens is 1. The molecule has 100 valence electrons. The number of hydrogen-bond donors (Lipinski definition) is 1. The number of aryl methyl sites for hydroxylation is 1. The summed E-state index contributed by atoms with van der Waals surface area (Å²) >= 11 is 7.92. The average Bonchev–Trinajstić information content (AvgIpc) is 2.69. The number of fused-ring (bicyclic) bond motifs is 1. The predicted molar refractivity (Wildman–Crippen MR) is 86.1 cm³/mol. The Morgan fingerprint density at radius 2 is 2.39 bits per heavy atom. The SMILES string of the molecule is CC(C)NC(=S)N1CCc2c(ncn2C)C1CI. The summed E-state index contributed by atoms with van der Waals surface area (Å²) in [5.41, 5.74) is 2.53. The van der Waals surface area contributed by atoms with Gasteiger partial charge in [-0.15, -0.1) is 0 Å². The molecule has 6 heteroatoms. The van der Waals surface area contributed by atoms with Crippen LogP contribution in [0.2, 0.25) is 0 Å². The highest BCUT2D eigenvalue weighted by atomic mass is 127. The Morgan fingerprint density at radius 3 is 3.00 bits per heavy atom. The molecule has 0 radical (unpaired) electrons. The second kappa shape index (κ2) is 5.73. The third-order valence-corrected chi connectivity index (χ3v) is 4.38. The van der Waals surface area contributed by atoms with Crippen molar-refractivity contribution in [3.05, 3.63) is 17.7 Å². The zero-order valence-electron chi connectivity index (χ0n) is 11.0. The first-order chi connectivity index (χ1) is 8.54. The summed E-state index contributed by atoms with van der Waals surface area (Å²) in [5, 5.41) is 4.18. The van der Waals surface area contributed by atoms with Crippen LogP contribution in [0, 0.1) is 0 Å². The first-order valence-corrected chi connectivity index (χ1v) is 8.11. The lowest BCUT2D eigenvalue weighted by Crippen LogP contribution is -2.48. The first kappa shape index (κ1) is 14.0. The fourth-order valence-electron chi connectivity index (χ4n) is 2.32. The molecule has 4 nitrogen and oxygen atoms in total. The van der Waals surface area contributed by atoms with E-state index in [1.807, 2.05) is 6.33 Å². The molecule has 0 aromatic carbocycles. The number of alkyl halides is 1. The maximum atomic E-state index is 5.51. The van der Waals surface area contributed by atoms with Crippen LogP contribution in [0.5, 0.6) is 0 Å². The fraction of sp³-hybridized carbons (Fsp3) is 0.667. The van der Waals surface area contributed by atoms with Gasteiger partial charge in [-0.25, -0.2) is 4.98 Å². The van der Waals surface area contributed by atoms with Crippen molar-refractivity contribution in [1.82, 2.24) is 19.8 Å². The van der Waals surface area contributed by atoms with Crippen molar-refractivity contribution in [2.45, 2.75) is 32.4 Å². The van der Waals surface area contributed by atoms with Gasteiger partial charge < -0.3 is 14.8 Å². The Labute approximate surface area is 127 Å². The maximum Gasteiger partial charge on any atom is 0.169 e. The largest absolute Gasteiger partial charge is 0.360 e. The Bertz CT molecular complexity index is 443. The van der Waals surface area contributed by atoms with Gasteiger partial charge in [0.2, 0.25) is 0 Å². The van der Waals surface area contributed by atoms with Crippen molar-refractivity contribution >= 4 is 39.9 Å². The van der Waals surface area contributed by atoms with Gasteiger partial charge in [0.05, 0.1) is 18.1 Å². The molecule has 1 unspecified atom stereocenters. The number of aromatic nitrogens is 2. The van der Waals surface area contributed by atoms with Crippen LogP contribution in [-0.2, 0) is 13.5 Å². The van der Waals surface area contributed by atoms with Crippen molar-refractivity contribution in [3.8, 4) is 0 Å². The molecule has 0 bridgehead atoms. The van der Waals surface area contributed by atoms with E-state index in [0.29, 0.717) is 12.1 Å². The van der Waals surface area contributed by atoms with E-state index in [1.165, 1.54) is 11.4 Å². The van der Waals surface area contributed by atoms with Gasteiger partial charge in [-0.05, 0) is 26.1 Å². The van der Waals surface area contributed by atoms with Crippen LogP contribution in [0.3, 0.4) is 0 Å². The molecular formula is C12H19IN4S. The van der Waals surface area contributed by atoms with Gasteiger partial charge >= 0.3 is 0 Å². The highest BCUT2D eigenvalue weighted by Gasteiger charge is 2.31. The lowest BCUT2D eigenvalue weighted by molar-refractivity contribution is 0.311. The third-order valence-electron chi connectivity index (χ3n) is 3.19. The van der Waals surface area contributed by atoms with Crippen molar-refractivity contribution in [2.75, 3.05) is 11.0 Å². The zero-order chi connectivity index (χ0) is 13.3. The van der Waals surface area contributed by atoms with Crippen LogP contribution >= 0.6 is 34.8 Å². The molecule has 1 aromatic heterocycles. The van der Waals surface area contributed by atoms with Crippen molar-refractivity contribution in [2.24, 2.45) is 7.05 Å². The minimum Gasteiger partial charge on any atom is -0.360 e. The Kier molecular flexibility index (Phi) is 4.47. The van der Waals surface area contributed by atoms with Crippen LogP contribution in [0.15, 0.2) is 6.33 Å². The van der Waals surface area contributed by atoms with Gasteiger partial charge in [0.1, 0.15) is 0 Å². The highest BCUT2D eigenvalue weighted by molar-refractivity contribution is 14.1. The number of nitrogens with zero attached hydrogens (tertiary/aromatic N) is 3. The van der Waals surface area contributed by atoms with E-state index in [0.717, 1.165) is 22.5 Å². The van der Waals surface area contributed by atoms with Gasteiger partial charge in [0, 0.05) is 36.2 Å². The van der Waals surface area contributed by atoms with E-state index in [1.54, 1.807) is 0 Å². The topological polar surface area (TPSA) is 33.1 Å². The summed E-state index contributed by atoms with van der Waals surface area (Å²) in [5.74, 6) is 0. The molecule has 1 aliphatic rings. The molecule has 0 amide bonds. The summed E-state index contributed by atoms with van der Waals surface area (Å²) < 4.78 is 3.13. The van der Waals surface area contributed by atoms with E-state index in [9.17, 15) is 0 Å². The highest BCUT2D eigenvalue weighted by Crippen LogP contribution is 2.29. The molecular weight excluding hydrogens is 359 g/mol. The number of nitrogens with one attached hydrogen (secondary N) is 1. The van der Waals surface area contributed by atoms with Crippen molar-refractivity contribution in [3.63, 3.8) is 0 Å². The second-order valence-corrected chi connectivity index (χ2v) is 6.17. The molecule has 0 aliphatic carbocycles. The zero-order valence-corrected chi connectivity index (χ0v) is 14.0. The molecule has 2 heterocycles. The van der Waals surface area contributed by atoms with Gasteiger partial charge in [-0.2, -0.15) is 0 Å². The lowest BCUT2D eigenvalue weighted by Gasteiger charge is -2.37. The standard InChI is InChI=1S/C12H19IN4S/c1-8(2)15-12(18)17-5-4-9-11(10(17)6-13)14-7-16(9)3/h7-8,10H,4-6H2,1-3H3,(H,15,18). The fourth-order valence-corrected chi connectivity index (χ4v) is 3.66. The summed E-state index contributed by atoms with van der Waals surface area (Å²) in [6, 6.07) is 0.673. The van der Waals surface area contributed by atoms with E-state index >= 15 is 0 Å². The van der Waals surface area contributed by atoms with Crippen LogP contribution in [0.25, 0.3) is 0 Å². The summed E-state index contributed by atoms with van der Waals surface area (Å²) in [7, 11) is 2.07.